The Morgan fingerprint density at radius 2 is 0.687 bits per heavy atom. The van der Waals surface area contributed by atoms with E-state index >= 15 is 0 Å². The summed E-state index contributed by atoms with van der Waals surface area (Å²) in [7, 11) is 5.93. The van der Waals surface area contributed by atoms with Crippen molar-refractivity contribution < 1.29 is 42.9 Å². The minimum absolute atomic E-state index is 0.145. The number of likely N-dealkylation sites (N-methyl/N-ethyl adjacent to an activating group) is 1. The number of unbranched alkanes of at least 4 members (excludes halogenated alkanes) is 32. The molecule has 83 heavy (non-hydrogen) atoms. The van der Waals surface area contributed by atoms with E-state index in [2.05, 4.69) is 111 Å². The van der Waals surface area contributed by atoms with Gasteiger partial charge in [0.15, 0.2) is 12.4 Å². The molecular weight excluding hydrogens is 1030 g/mol. The summed E-state index contributed by atoms with van der Waals surface area (Å²) < 4.78 is 22.8. The van der Waals surface area contributed by atoms with E-state index in [0.29, 0.717) is 17.4 Å². The SMILES string of the molecule is CC/C=C\C/C=C\C/C=C\C/C=C\C/C=C\C/C=C\C/C=C\CCCCCCCCCCCCCCCCCC(=O)OC(COC(=O)CCCCCCCCCCC/C=C\CCCCCCCCCC)COC(OCC[N+](C)(C)C)C(=O)[O-]. The molecule has 0 aromatic heterocycles. The third-order valence-electron chi connectivity index (χ3n) is 14.8. The van der Waals surface area contributed by atoms with Crippen LogP contribution in [0.2, 0.25) is 0 Å². The smallest absolute Gasteiger partial charge is 0.306 e. The van der Waals surface area contributed by atoms with Gasteiger partial charge in [0.1, 0.15) is 13.2 Å². The first kappa shape index (κ1) is 79.2. The van der Waals surface area contributed by atoms with Gasteiger partial charge in [0.25, 0.3) is 0 Å². The van der Waals surface area contributed by atoms with Crippen molar-refractivity contribution in [2.45, 2.75) is 309 Å². The van der Waals surface area contributed by atoms with E-state index in [1.54, 1.807) is 0 Å². The summed E-state index contributed by atoms with van der Waals surface area (Å²) in [5.74, 6) is -2.28. The van der Waals surface area contributed by atoms with Crippen LogP contribution in [0.1, 0.15) is 296 Å². The summed E-state index contributed by atoms with van der Waals surface area (Å²) in [4.78, 5) is 37.4. The molecule has 0 bridgehead atoms. The first-order chi connectivity index (χ1) is 40.6. The van der Waals surface area contributed by atoms with Crippen molar-refractivity contribution in [3.63, 3.8) is 0 Å². The molecule has 0 radical (unpaired) electrons. The maximum atomic E-state index is 12.9. The van der Waals surface area contributed by atoms with Crippen LogP contribution in [-0.4, -0.2) is 82.3 Å². The predicted molar refractivity (Wildman–Crippen MR) is 352 cm³/mol. The molecule has 0 rings (SSSR count). The van der Waals surface area contributed by atoms with Crippen molar-refractivity contribution >= 4 is 17.9 Å². The lowest BCUT2D eigenvalue weighted by atomic mass is 10.0. The van der Waals surface area contributed by atoms with Crippen LogP contribution in [0.3, 0.4) is 0 Å². The third-order valence-corrected chi connectivity index (χ3v) is 14.8. The van der Waals surface area contributed by atoms with Gasteiger partial charge in [-0.1, -0.05) is 284 Å². The number of quaternary nitrogens is 1. The van der Waals surface area contributed by atoms with E-state index < -0.39 is 24.3 Å². The highest BCUT2D eigenvalue weighted by atomic mass is 16.7. The summed E-state index contributed by atoms with van der Waals surface area (Å²) in [6.45, 7) is 4.66. The zero-order valence-corrected chi connectivity index (χ0v) is 54.5. The predicted octanol–water partition coefficient (Wildman–Crippen LogP) is 19.9. The van der Waals surface area contributed by atoms with E-state index in [-0.39, 0.29) is 38.6 Å². The largest absolute Gasteiger partial charge is 0.545 e. The number of carboxylic acids is 1. The van der Waals surface area contributed by atoms with Crippen molar-refractivity contribution in [3.05, 3.63) is 97.2 Å². The van der Waals surface area contributed by atoms with Crippen molar-refractivity contribution in [1.82, 2.24) is 0 Å². The van der Waals surface area contributed by atoms with E-state index in [9.17, 15) is 19.5 Å². The first-order valence-corrected chi connectivity index (χ1v) is 34.4. The van der Waals surface area contributed by atoms with E-state index in [0.717, 1.165) is 83.5 Å². The number of carboxylic acid groups (broad SMARTS) is 1. The Morgan fingerprint density at radius 3 is 1.04 bits per heavy atom. The van der Waals surface area contributed by atoms with Gasteiger partial charge >= 0.3 is 11.9 Å². The highest BCUT2D eigenvalue weighted by Gasteiger charge is 2.22. The lowest BCUT2D eigenvalue weighted by Gasteiger charge is -2.26. The molecule has 2 unspecified atom stereocenters. The number of hydrogen-bond acceptors (Lipinski definition) is 8. The lowest BCUT2D eigenvalue weighted by Crippen LogP contribution is -2.44. The minimum Gasteiger partial charge on any atom is -0.545 e. The van der Waals surface area contributed by atoms with Gasteiger partial charge in [-0.05, 0) is 96.3 Å². The molecule has 0 aromatic rings. The molecule has 0 aromatic carbocycles. The molecule has 0 spiro atoms. The number of aliphatic carboxylic acids is 1. The Bertz CT molecular complexity index is 1680. The van der Waals surface area contributed by atoms with Crippen molar-refractivity contribution in [3.8, 4) is 0 Å². The van der Waals surface area contributed by atoms with Gasteiger partial charge in [-0.15, -0.1) is 0 Å². The maximum Gasteiger partial charge on any atom is 0.306 e. The fourth-order valence-electron chi connectivity index (χ4n) is 9.57. The van der Waals surface area contributed by atoms with Crippen LogP contribution in [0.25, 0.3) is 0 Å². The molecule has 0 saturated heterocycles. The summed E-state index contributed by atoms with van der Waals surface area (Å²) in [6, 6.07) is 0. The van der Waals surface area contributed by atoms with Crippen LogP contribution in [0.4, 0.5) is 0 Å². The number of rotatable bonds is 63. The number of carbonyl (C=O) groups is 3. The highest BCUT2D eigenvalue weighted by molar-refractivity contribution is 5.70. The summed E-state index contributed by atoms with van der Waals surface area (Å²) in [5, 5.41) is 11.8. The molecule has 0 N–H and O–H groups in total. The molecule has 2 atom stereocenters. The number of carbonyl (C=O) groups excluding carboxylic acids is 3. The Kier molecular flexibility index (Phi) is 61.3. The Balaban J connectivity index is 4.10. The van der Waals surface area contributed by atoms with Crippen molar-refractivity contribution in [2.24, 2.45) is 0 Å². The lowest BCUT2D eigenvalue weighted by molar-refractivity contribution is -0.870. The second kappa shape index (κ2) is 64.2. The molecule has 0 aliphatic carbocycles. The standard InChI is InChI=1S/C74H129NO8/c1-6-8-10-12-14-16-18-20-22-24-26-28-29-30-31-32-33-34-35-36-37-38-39-40-41-42-43-45-47-49-51-53-55-57-59-61-63-65-72(77)83-70(69-82-74(73(78)79)80-67-66-75(3,4)5)68-81-71(76)64-62-60-58-56-54-52-50-48-46-44-27-25-23-21-19-17-15-13-11-9-7-2/h8,10,14,16,20,22,25-28,30-31,33-34,36-37,70,74H,6-7,9,11-13,15,17-19,21,23-24,29,32,35,38-69H2,1-5H3/b10-8-,16-14-,22-20-,27-25-,28-26-,31-30-,34-33-,37-36-. The molecule has 0 amide bonds. The average molecular weight is 1160 g/mol. The monoisotopic (exact) mass is 1160 g/mol. The van der Waals surface area contributed by atoms with Gasteiger partial charge in [-0.25, -0.2) is 0 Å². The minimum atomic E-state index is -1.63. The normalized spacial score (nSPS) is 13.3. The molecule has 9 heteroatoms. The van der Waals surface area contributed by atoms with Crippen LogP contribution in [-0.2, 0) is 33.3 Å². The fourth-order valence-corrected chi connectivity index (χ4v) is 9.57. The van der Waals surface area contributed by atoms with E-state index in [1.807, 2.05) is 21.1 Å². The van der Waals surface area contributed by atoms with Crippen LogP contribution >= 0.6 is 0 Å². The Morgan fingerprint density at radius 1 is 0.373 bits per heavy atom. The first-order valence-electron chi connectivity index (χ1n) is 34.4. The van der Waals surface area contributed by atoms with Gasteiger partial charge in [0.2, 0.25) is 0 Å². The van der Waals surface area contributed by atoms with Gasteiger partial charge in [-0.2, -0.15) is 0 Å². The Labute approximate surface area is 512 Å². The van der Waals surface area contributed by atoms with Crippen molar-refractivity contribution in [2.75, 3.05) is 47.5 Å². The molecule has 0 saturated carbocycles. The quantitative estimate of drug-likeness (QED) is 0.0195. The molecule has 9 nitrogen and oxygen atoms in total. The maximum absolute atomic E-state index is 12.9. The Hall–Kier alpha value is -3.79. The summed E-state index contributed by atoms with van der Waals surface area (Å²) in [6.07, 6.45) is 84.8. The molecule has 478 valence electrons. The molecular formula is C74H129NO8. The second-order valence-corrected chi connectivity index (χ2v) is 24.1. The number of allylic oxidation sites excluding steroid dienone is 16. The van der Waals surface area contributed by atoms with Crippen molar-refractivity contribution in [1.29, 1.82) is 0 Å². The number of hydrogen-bond donors (Lipinski definition) is 0. The molecule has 0 aliphatic heterocycles. The fraction of sp³-hybridized carbons (Fsp3) is 0.743. The second-order valence-electron chi connectivity index (χ2n) is 24.1. The average Bonchev–Trinajstić information content (AvgIpc) is 3.46. The van der Waals surface area contributed by atoms with Crippen LogP contribution in [0.15, 0.2) is 97.2 Å². The topological polar surface area (TPSA) is 111 Å². The zero-order chi connectivity index (χ0) is 60.5. The number of nitrogens with zero attached hydrogens (tertiary/aromatic N) is 1. The summed E-state index contributed by atoms with van der Waals surface area (Å²) >= 11 is 0. The van der Waals surface area contributed by atoms with Crippen LogP contribution < -0.4 is 5.11 Å². The van der Waals surface area contributed by atoms with Crippen LogP contribution in [0.5, 0.6) is 0 Å². The van der Waals surface area contributed by atoms with E-state index in [4.69, 9.17) is 18.9 Å². The highest BCUT2D eigenvalue weighted by Crippen LogP contribution is 2.17. The molecule has 0 fully saturated rings. The molecule has 0 aliphatic rings. The van der Waals surface area contributed by atoms with Gasteiger partial charge in [-0.3, -0.25) is 9.59 Å². The van der Waals surface area contributed by atoms with Crippen LogP contribution in [0, 0.1) is 0 Å². The number of ether oxygens (including phenoxy) is 4. The molecule has 0 heterocycles. The van der Waals surface area contributed by atoms with E-state index in [1.165, 1.54) is 180 Å². The summed E-state index contributed by atoms with van der Waals surface area (Å²) in [5.41, 5.74) is 0. The zero-order valence-electron chi connectivity index (χ0n) is 54.5. The van der Waals surface area contributed by atoms with Gasteiger partial charge in [0.05, 0.1) is 40.3 Å². The van der Waals surface area contributed by atoms with Gasteiger partial charge < -0.3 is 33.3 Å². The number of esters is 2. The van der Waals surface area contributed by atoms with Gasteiger partial charge in [0, 0.05) is 12.8 Å². The third kappa shape index (κ3) is 65.6.